The van der Waals surface area contributed by atoms with E-state index in [1.165, 1.54) is 31.4 Å². The molecule has 12 heteroatoms. The highest BCUT2D eigenvalue weighted by molar-refractivity contribution is 6.36. The number of amides is 2. The summed E-state index contributed by atoms with van der Waals surface area (Å²) in [5.74, 6) is -0.517. The average molecular weight is 645 g/mol. The van der Waals surface area contributed by atoms with Crippen molar-refractivity contribution >= 4 is 29.1 Å². The van der Waals surface area contributed by atoms with Crippen LogP contribution >= 0.6 is 11.6 Å². The summed E-state index contributed by atoms with van der Waals surface area (Å²) in [6.45, 7) is 6.25. The van der Waals surface area contributed by atoms with Gasteiger partial charge in [-0.25, -0.2) is 14.1 Å². The lowest BCUT2D eigenvalue weighted by Crippen LogP contribution is -2.48. The standard InChI is InChI=1S/C34H34ClFN6O4/c1-19-26(38-32(44)24-12-13-37-40(3)34(24)45)10-9-25(36)29(19)23-7-5-6-22(31(23)35)27-18-21-8-11-28(30(21)33(39-27)46-4)42-16-14-41(15-17-42)20(2)43/h5-7,9-10,12-13,18,28H,8,11,14-17H2,1-4H3,(H,38,44). The Morgan fingerprint density at radius 3 is 2.54 bits per heavy atom. The minimum Gasteiger partial charge on any atom is -0.481 e. The summed E-state index contributed by atoms with van der Waals surface area (Å²) in [5.41, 5.74) is 4.24. The van der Waals surface area contributed by atoms with Crippen molar-refractivity contribution in [2.24, 2.45) is 7.05 Å². The van der Waals surface area contributed by atoms with Gasteiger partial charge in [0, 0.05) is 80.3 Å². The highest BCUT2D eigenvalue weighted by Gasteiger charge is 2.35. The molecule has 1 saturated heterocycles. The molecule has 0 spiro atoms. The maximum Gasteiger partial charge on any atom is 0.279 e. The highest BCUT2D eigenvalue weighted by Crippen LogP contribution is 2.45. The lowest BCUT2D eigenvalue weighted by atomic mass is 9.95. The number of ether oxygens (including phenoxy) is 1. The molecule has 6 rings (SSSR count). The molecule has 1 unspecified atom stereocenters. The van der Waals surface area contributed by atoms with Gasteiger partial charge in [-0.3, -0.25) is 19.3 Å². The van der Waals surface area contributed by atoms with Crippen LogP contribution in [0.1, 0.15) is 46.4 Å². The normalized spacial score (nSPS) is 16.3. The second kappa shape index (κ2) is 12.6. The largest absolute Gasteiger partial charge is 0.481 e. The number of fused-ring (bicyclic) bond motifs is 1. The Labute approximate surface area is 270 Å². The van der Waals surface area contributed by atoms with Crippen molar-refractivity contribution in [1.29, 1.82) is 0 Å². The molecule has 2 aromatic heterocycles. The number of hydrogen-bond acceptors (Lipinski definition) is 7. The second-order valence-electron chi connectivity index (χ2n) is 11.6. The maximum absolute atomic E-state index is 15.5. The van der Waals surface area contributed by atoms with E-state index in [4.69, 9.17) is 21.3 Å². The Balaban J connectivity index is 1.33. The number of nitrogens with zero attached hydrogens (tertiary/aromatic N) is 5. The van der Waals surface area contributed by atoms with Gasteiger partial charge in [0.1, 0.15) is 11.4 Å². The number of aromatic nitrogens is 3. The molecule has 2 aliphatic rings. The van der Waals surface area contributed by atoms with Gasteiger partial charge in [-0.1, -0.05) is 29.8 Å². The summed E-state index contributed by atoms with van der Waals surface area (Å²) in [5, 5.41) is 6.89. The zero-order valence-electron chi connectivity index (χ0n) is 26.1. The first kappa shape index (κ1) is 31.4. The molecule has 46 heavy (non-hydrogen) atoms. The van der Waals surface area contributed by atoms with Gasteiger partial charge in [-0.2, -0.15) is 5.10 Å². The van der Waals surface area contributed by atoms with Gasteiger partial charge in [-0.05, 0) is 55.2 Å². The predicted molar refractivity (Wildman–Crippen MR) is 174 cm³/mol. The number of anilines is 1. The molecule has 4 aromatic rings. The molecule has 2 aromatic carbocycles. The van der Waals surface area contributed by atoms with Crippen molar-refractivity contribution in [3.05, 3.63) is 92.1 Å². The van der Waals surface area contributed by atoms with Crippen LogP contribution in [0.15, 0.2) is 53.5 Å². The van der Waals surface area contributed by atoms with Crippen LogP contribution in [0.25, 0.3) is 22.4 Å². The predicted octanol–water partition coefficient (Wildman–Crippen LogP) is 5.02. The van der Waals surface area contributed by atoms with Crippen LogP contribution in [0, 0.1) is 12.7 Å². The van der Waals surface area contributed by atoms with Gasteiger partial charge in [0.25, 0.3) is 11.5 Å². The molecule has 0 saturated carbocycles. The first-order valence-corrected chi connectivity index (χ1v) is 15.5. The molecule has 0 bridgehead atoms. The summed E-state index contributed by atoms with van der Waals surface area (Å²) in [4.78, 5) is 46.4. The van der Waals surface area contributed by atoms with Gasteiger partial charge >= 0.3 is 0 Å². The fourth-order valence-electron chi connectivity index (χ4n) is 6.53. The van der Waals surface area contributed by atoms with Crippen LogP contribution in [0.3, 0.4) is 0 Å². The number of pyridine rings is 1. The van der Waals surface area contributed by atoms with E-state index in [9.17, 15) is 14.4 Å². The Morgan fingerprint density at radius 1 is 1.09 bits per heavy atom. The fraction of sp³-hybridized carbons (Fsp3) is 0.324. The molecule has 1 aliphatic heterocycles. The number of methoxy groups -OCH3 is 1. The van der Waals surface area contributed by atoms with Crippen LogP contribution in [0.2, 0.25) is 5.02 Å². The number of hydrogen-bond donors (Lipinski definition) is 1. The maximum atomic E-state index is 15.5. The Kier molecular flexibility index (Phi) is 8.63. The van der Waals surface area contributed by atoms with Gasteiger partial charge in [0.2, 0.25) is 11.8 Å². The van der Waals surface area contributed by atoms with E-state index in [1.54, 1.807) is 33.1 Å². The first-order chi connectivity index (χ1) is 22.1. The molecule has 1 atom stereocenters. The monoisotopic (exact) mass is 644 g/mol. The van der Waals surface area contributed by atoms with Crippen molar-refractivity contribution < 1.29 is 18.7 Å². The average Bonchev–Trinajstić information content (AvgIpc) is 3.48. The van der Waals surface area contributed by atoms with Gasteiger partial charge in [0.05, 0.1) is 17.8 Å². The van der Waals surface area contributed by atoms with Crippen LogP contribution in [-0.4, -0.2) is 69.7 Å². The number of piperazine rings is 1. The first-order valence-electron chi connectivity index (χ1n) is 15.1. The number of benzene rings is 2. The van der Waals surface area contributed by atoms with Crippen molar-refractivity contribution in [1.82, 2.24) is 24.6 Å². The van der Waals surface area contributed by atoms with Gasteiger partial charge in [0.15, 0.2) is 0 Å². The van der Waals surface area contributed by atoms with Crippen LogP contribution in [0.5, 0.6) is 5.88 Å². The van der Waals surface area contributed by atoms with Crippen molar-refractivity contribution in [2.45, 2.75) is 32.7 Å². The van der Waals surface area contributed by atoms with Crippen molar-refractivity contribution in [3.8, 4) is 28.3 Å². The molecule has 2 amide bonds. The third kappa shape index (κ3) is 5.65. The molecule has 10 nitrogen and oxygen atoms in total. The number of rotatable bonds is 6. The SMILES string of the molecule is COc1nc(-c2cccc(-c3c(F)ccc(NC(=O)c4ccnn(C)c4=O)c3C)c2Cl)cc2c1C(N1CCN(C(C)=O)CC1)CC2. The molecular weight excluding hydrogens is 611 g/mol. The quantitative estimate of drug-likeness (QED) is 0.314. The summed E-state index contributed by atoms with van der Waals surface area (Å²) in [7, 11) is 3.06. The van der Waals surface area contributed by atoms with E-state index in [2.05, 4.69) is 15.3 Å². The molecular formula is C34H34ClFN6O4. The van der Waals surface area contributed by atoms with E-state index >= 15 is 4.39 Å². The second-order valence-corrected chi connectivity index (χ2v) is 12.0. The van der Waals surface area contributed by atoms with E-state index in [-0.39, 0.29) is 23.1 Å². The molecule has 1 N–H and O–H groups in total. The molecule has 3 heterocycles. The van der Waals surface area contributed by atoms with Gasteiger partial charge in [-0.15, -0.1) is 0 Å². The summed E-state index contributed by atoms with van der Waals surface area (Å²) >= 11 is 7.02. The number of aryl methyl sites for hydroxylation is 2. The Morgan fingerprint density at radius 2 is 1.83 bits per heavy atom. The Bertz CT molecular complexity index is 1920. The topological polar surface area (TPSA) is 110 Å². The lowest BCUT2D eigenvalue weighted by Gasteiger charge is -2.38. The minimum atomic E-state index is -0.628. The molecule has 1 aliphatic carbocycles. The smallest absolute Gasteiger partial charge is 0.279 e. The summed E-state index contributed by atoms with van der Waals surface area (Å²) in [6.07, 6.45) is 3.12. The zero-order chi connectivity index (χ0) is 32.7. The van der Waals surface area contributed by atoms with Crippen LogP contribution in [-0.2, 0) is 18.3 Å². The minimum absolute atomic E-state index is 0.0833. The van der Waals surface area contributed by atoms with Crippen LogP contribution < -0.4 is 15.6 Å². The lowest BCUT2D eigenvalue weighted by molar-refractivity contribution is -0.130. The Hall–Kier alpha value is -4.61. The molecule has 0 radical (unpaired) electrons. The zero-order valence-corrected chi connectivity index (χ0v) is 26.8. The van der Waals surface area contributed by atoms with E-state index in [0.29, 0.717) is 52.1 Å². The van der Waals surface area contributed by atoms with E-state index in [1.807, 2.05) is 17.0 Å². The molecule has 1 fully saturated rings. The van der Waals surface area contributed by atoms with Crippen molar-refractivity contribution in [2.75, 3.05) is 38.6 Å². The summed E-state index contributed by atoms with van der Waals surface area (Å²) < 4.78 is 22.4. The van der Waals surface area contributed by atoms with E-state index < -0.39 is 17.3 Å². The highest BCUT2D eigenvalue weighted by atomic mass is 35.5. The fourth-order valence-corrected chi connectivity index (χ4v) is 6.84. The molecule has 238 valence electrons. The third-order valence-corrected chi connectivity index (χ3v) is 9.39. The third-order valence-electron chi connectivity index (χ3n) is 8.98. The van der Waals surface area contributed by atoms with Crippen molar-refractivity contribution in [3.63, 3.8) is 0 Å². The van der Waals surface area contributed by atoms with E-state index in [0.717, 1.165) is 41.7 Å². The number of nitrogens with one attached hydrogen (secondary N) is 1. The number of carbonyl (C=O) groups is 2. The van der Waals surface area contributed by atoms with Crippen LogP contribution in [0.4, 0.5) is 10.1 Å². The number of halogens is 2. The number of carbonyl (C=O) groups excluding carboxylic acids is 2. The van der Waals surface area contributed by atoms with Gasteiger partial charge < -0.3 is 15.0 Å². The summed E-state index contributed by atoms with van der Waals surface area (Å²) in [6, 6.07) is 11.6.